The van der Waals surface area contributed by atoms with Gasteiger partial charge in [0.2, 0.25) is 0 Å². The van der Waals surface area contributed by atoms with E-state index in [0.29, 0.717) is 16.9 Å². The Morgan fingerprint density at radius 1 is 0.676 bits per heavy atom. The first-order valence-electron chi connectivity index (χ1n) is 10.1. The van der Waals surface area contributed by atoms with E-state index in [0.717, 1.165) is 6.07 Å². The maximum Gasteiger partial charge on any atom is 0.338 e. The van der Waals surface area contributed by atoms with E-state index in [-0.39, 0.29) is 33.8 Å². The minimum atomic E-state index is -0.805. The van der Waals surface area contributed by atoms with E-state index in [1.165, 1.54) is 45.2 Å². The van der Waals surface area contributed by atoms with Crippen molar-refractivity contribution in [2.45, 2.75) is 13.8 Å². The predicted molar refractivity (Wildman–Crippen MR) is 125 cm³/mol. The number of carbonyl (C=O) groups excluding carboxylic acids is 2. The second-order valence-corrected chi connectivity index (χ2v) is 7.55. The maximum atomic E-state index is 15.0. The lowest BCUT2D eigenvalue weighted by Gasteiger charge is -2.12. The average molecular weight is 464 g/mol. The number of carbonyl (C=O) groups is 2. The number of halogens is 2. The normalized spacial score (nSPS) is 10.4. The van der Waals surface area contributed by atoms with Gasteiger partial charge in [-0.1, -0.05) is 37.4 Å². The van der Waals surface area contributed by atoms with Crippen molar-refractivity contribution >= 4 is 11.9 Å². The zero-order valence-corrected chi connectivity index (χ0v) is 18.9. The lowest BCUT2D eigenvalue weighted by molar-refractivity contribution is -0.131. The Morgan fingerprint density at radius 2 is 1.18 bits per heavy atom. The Hall–Kier alpha value is -4.26. The molecule has 0 unspecified atom stereocenters. The van der Waals surface area contributed by atoms with Crippen molar-refractivity contribution in [2.24, 2.45) is 0 Å². The topological polar surface area (TPSA) is 61.8 Å². The summed E-state index contributed by atoms with van der Waals surface area (Å²) in [4.78, 5) is 23.4. The molecule has 0 saturated carbocycles. The summed E-state index contributed by atoms with van der Waals surface area (Å²) in [5.41, 5.74) is 1.96. The van der Waals surface area contributed by atoms with E-state index in [1.807, 2.05) is 0 Å². The Morgan fingerprint density at radius 3 is 1.74 bits per heavy atom. The number of esters is 2. The van der Waals surface area contributed by atoms with Crippen LogP contribution in [0.4, 0.5) is 8.78 Å². The third-order valence-corrected chi connectivity index (χ3v) is 4.81. The predicted octanol–water partition coefficient (Wildman–Crippen LogP) is 6.27. The highest BCUT2D eigenvalue weighted by Crippen LogP contribution is 2.35. The van der Waals surface area contributed by atoms with Crippen LogP contribution in [0.25, 0.3) is 22.3 Å². The summed E-state index contributed by atoms with van der Waals surface area (Å²) in [6, 6.07) is 13.1. The summed E-state index contributed by atoms with van der Waals surface area (Å²) in [5.74, 6) is -2.50. The summed E-state index contributed by atoms with van der Waals surface area (Å²) >= 11 is 0. The van der Waals surface area contributed by atoms with Crippen LogP contribution in [0.5, 0.6) is 17.2 Å². The summed E-state index contributed by atoms with van der Waals surface area (Å²) in [7, 11) is 1.42. The van der Waals surface area contributed by atoms with Gasteiger partial charge >= 0.3 is 11.9 Å². The number of benzene rings is 3. The number of hydrogen-bond acceptors (Lipinski definition) is 5. The molecule has 3 aromatic rings. The quantitative estimate of drug-likeness (QED) is 0.234. The molecule has 0 amide bonds. The Labute approximate surface area is 195 Å². The maximum absolute atomic E-state index is 15.0. The Balaban J connectivity index is 1.89. The monoisotopic (exact) mass is 464 g/mol. The molecule has 0 atom stereocenters. The van der Waals surface area contributed by atoms with Crippen LogP contribution in [0.1, 0.15) is 13.8 Å². The molecule has 0 saturated heterocycles. The highest BCUT2D eigenvalue weighted by molar-refractivity contribution is 5.89. The van der Waals surface area contributed by atoms with Gasteiger partial charge in [-0.3, -0.25) is 0 Å². The smallest absolute Gasteiger partial charge is 0.338 e. The minimum absolute atomic E-state index is 0.128. The van der Waals surface area contributed by atoms with Crippen molar-refractivity contribution in [3.63, 3.8) is 0 Å². The molecule has 0 aromatic heterocycles. The van der Waals surface area contributed by atoms with E-state index < -0.39 is 23.6 Å². The largest absolute Gasteiger partial charge is 0.493 e. The second-order valence-electron chi connectivity index (χ2n) is 7.55. The molecular formula is C27H22F2O5. The van der Waals surface area contributed by atoms with Gasteiger partial charge in [-0.05, 0) is 60.9 Å². The minimum Gasteiger partial charge on any atom is -0.493 e. The first-order chi connectivity index (χ1) is 16.1. The van der Waals surface area contributed by atoms with Crippen molar-refractivity contribution in [3.05, 3.63) is 90.5 Å². The van der Waals surface area contributed by atoms with Gasteiger partial charge in [0.05, 0.1) is 7.11 Å². The van der Waals surface area contributed by atoms with Crippen LogP contribution < -0.4 is 14.2 Å². The van der Waals surface area contributed by atoms with Gasteiger partial charge in [0.25, 0.3) is 0 Å². The molecule has 7 heteroatoms. The number of ether oxygens (including phenoxy) is 3. The standard InChI is InChI=1S/C27H22F2O5/c1-15(2)26(30)33-23-10-8-19(13-22(23)29)20-9-6-17(12-21(20)28)18-7-11-24(25(14-18)32-5)34-27(31)16(3)4/h6-14H,1,3H2,2,4-5H3. The van der Waals surface area contributed by atoms with Crippen molar-refractivity contribution in [1.29, 1.82) is 0 Å². The highest BCUT2D eigenvalue weighted by Gasteiger charge is 2.15. The number of rotatable bonds is 7. The van der Waals surface area contributed by atoms with Crippen molar-refractivity contribution in [1.82, 2.24) is 0 Å². The zero-order chi connectivity index (χ0) is 25.0. The molecule has 3 aromatic carbocycles. The third-order valence-electron chi connectivity index (χ3n) is 4.81. The fraction of sp³-hybridized carbons (Fsp3) is 0.111. The molecule has 0 spiro atoms. The average Bonchev–Trinajstić information content (AvgIpc) is 2.80. The van der Waals surface area contributed by atoms with E-state index in [9.17, 15) is 18.4 Å². The fourth-order valence-electron chi connectivity index (χ4n) is 2.99. The van der Waals surface area contributed by atoms with E-state index in [4.69, 9.17) is 14.2 Å². The van der Waals surface area contributed by atoms with Crippen LogP contribution in [0, 0.1) is 11.6 Å². The molecule has 0 bridgehead atoms. The number of hydrogen-bond donors (Lipinski definition) is 0. The first kappa shape index (κ1) is 24.4. The van der Waals surface area contributed by atoms with Gasteiger partial charge < -0.3 is 14.2 Å². The Bertz CT molecular complexity index is 1310. The summed E-state index contributed by atoms with van der Waals surface area (Å²) in [6.07, 6.45) is 0. The molecule has 3 rings (SSSR count). The van der Waals surface area contributed by atoms with E-state index in [1.54, 1.807) is 24.3 Å². The van der Waals surface area contributed by atoms with E-state index in [2.05, 4.69) is 13.2 Å². The van der Waals surface area contributed by atoms with Gasteiger partial charge in [-0.2, -0.15) is 0 Å². The van der Waals surface area contributed by atoms with Crippen LogP contribution >= 0.6 is 0 Å². The first-order valence-corrected chi connectivity index (χ1v) is 10.1. The molecule has 0 radical (unpaired) electrons. The molecule has 0 aliphatic rings. The van der Waals surface area contributed by atoms with Crippen molar-refractivity contribution < 1.29 is 32.6 Å². The summed E-state index contributed by atoms with van der Waals surface area (Å²) in [5, 5.41) is 0. The molecule has 0 aliphatic carbocycles. The lowest BCUT2D eigenvalue weighted by Crippen LogP contribution is -2.09. The van der Waals surface area contributed by atoms with Gasteiger partial charge in [0.15, 0.2) is 23.1 Å². The van der Waals surface area contributed by atoms with Crippen LogP contribution in [-0.4, -0.2) is 19.0 Å². The van der Waals surface area contributed by atoms with Gasteiger partial charge in [-0.25, -0.2) is 18.4 Å². The van der Waals surface area contributed by atoms with Crippen LogP contribution in [0.2, 0.25) is 0 Å². The summed E-state index contributed by atoms with van der Waals surface area (Å²) < 4.78 is 44.8. The molecular weight excluding hydrogens is 442 g/mol. The van der Waals surface area contributed by atoms with Crippen LogP contribution in [0.3, 0.4) is 0 Å². The fourth-order valence-corrected chi connectivity index (χ4v) is 2.99. The molecule has 0 fully saturated rings. The molecule has 0 N–H and O–H groups in total. The van der Waals surface area contributed by atoms with E-state index >= 15 is 0 Å². The molecule has 0 aliphatic heterocycles. The summed E-state index contributed by atoms with van der Waals surface area (Å²) in [6.45, 7) is 9.96. The van der Waals surface area contributed by atoms with Gasteiger partial charge in [0, 0.05) is 16.7 Å². The zero-order valence-electron chi connectivity index (χ0n) is 18.9. The van der Waals surface area contributed by atoms with Gasteiger partial charge in [0.1, 0.15) is 5.82 Å². The SMILES string of the molecule is C=C(C)C(=O)Oc1ccc(-c2ccc(-c3ccc(OC(=O)C(=C)C)c(OC)c3)cc2F)cc1F. The molecule has 174 valence electrons. The van der Waals surface area contributed by atoms with Gasteiger partial charge in [-0.15, -0.1) is 0 Å². The Kier molecular flexibility index (Phi) is 7.26. The molecule has 0 heterocycles. The number of methoxy groups -OCH3 is 1. The third kappa shape index (κ3) is 5.38. The second kappa shape index (κ2) is 10.1. The van der Waals surface area contributed by atoms with Crippen LogP contribution in [0.15, 0.2) is 78.9 Å². The lowest BCUT2D eigenvalue weighted by atomic mass is 9.99. The van der Waals surface area contributed by atoms with Crippen molar-refractivity contribution in [3.8, 4) is 39.5 Å². The van der Waals surface area contributed by atoms with Crippen LogP contribution in [-0.2, 0) is 9.59 Å². The molecule has 5 nitrogen and oxygen atoms in total. The van der Waals surface area contributed by atoms with Crippen molar-refractivity contribution in [2.75, 3.05) is 7.11 Å². The highest BCUT2D eigenvalue weighted by atomic mass is 19.1. The molecule has 34 heavy (non-hydrogen) atoms.